The van der Waals surface area contributed by atoms with Crippen molar-refractivity contribution in [2.45, 2.75) is 25.8 Å². The summed E-state index contributed by atoms with van der Waals surface area (Å²) in [5.41, 5.74) is 4.61. The number of fused-ring (bicyclic) bond motifs is 1. The average molecular weight is 240 g/mol. The molecule has 0 atom stereocenters. The fraction of sp³-hybridized carbons (Fsp3) is 0.267. The summed E-state index contributed by atoms with van der Waals surface area (Å²) >= 11 is 0. The summed E-state index contributed by atoms with van der Waals surface area (Å²) < 4.78 is 2.05. The highest BCUT2D eigenvalue weighted by atomic mass is 16.2. The van der Waals surface area contributed by atoms with E-state index in [1.165, 1.54) is 17.5 Å². The molecule has 2 aromatic rings. The lowest BCUT2D eigenvalue weighted by Gasteiger charge is -2.16. The molecule has 1 aromatic carbocycles. The Morgan fingerprint density at radius 1 is 1.22 bits per heavy atom. The van der Waals surface area contributed by atoms with E-state index >= 15 is 0 Å². The summed E-state index contributed by atoms with van der Waals surface area (Å²) in [6.45, 7) is 0.800. The van der Waals surface area contributed by atoms with E-state index in [-0.39, 0.29) is 0 Å². The third kappa shape index (κ3) is 1.92. The molecule has 3 rings (SSSR count). The molecule has 0 fully saturated rings. The maximum atomic E-state index is 9.24. The average Bonchev–Trinajstić information content (AvgIpc) is 2.83. The zero-order chi connectivity index (χ0) is 12.4. The predicted octanol–water partition coefficient (Wildman–Crippen LogP) is 3.17. The van der Waals surface area contributed by atoms with Gasteiger partial charge in [-0.15, -0.1) is 0 Å². The molecule has 3 heteroatoms. The molecule has 1 aromatic heterocycles. The van der Waals surface area contributed by atoms with Gasteiger partial charge in [0.25, 0.3) is 0 Å². The molecule has 0 unspecified atom stereocenters. The van der Waals surface area contributed by atoms with Crippen molar-refractivity contribution in [2.75, 3.05) is 0 Å². The Labute approximate surface area is 106 Å². The van der Waals surface area contributed by atoms with E-state index in [1.54, 1.807) is 0 Å². The molecule has 1 aliphatic carbocycles. The van der Waals surface area contributed by atoms with Crippen LogP contribution in [0, 0.1) is 0 Å². The van der Waals surface area contributed by atoms with Crippen LogP contribution in [0.25, 0.3) is 5.57 Å². The van der Waals surface area contributed by atoms with E-state index in [1.807, 2.05) is 29.1 Å². The van der Waals surface area contributed by atoms with Gasteiger partial charge in [0.1, 0.15) is 0 Å². The highest BCUT2D eigenvalue weighted by Gasteiger charge is 2.19. The van der Waals surface area contributed by atoms with Gasteiger partial charge in [-0.1, -0.05) is 30.3 Å². The van der Waals surface area contributed by atoms with Gasteiger partial charge in [0.2, 0.25) is 0 Å². The predicted molar refractivity (Wildman–Crippen MR) is 71.3 cm³/mol. The molecule has 0 saturated heterocycles. The summed E-state index contributed by atoms with van der Waals surface area (Å²) in [4.78, 5) is 0. The van der Waals surface area contributed by atoms with Crippen molar-refractivity contribution in [1.82, 2.24) is 9.78 Å². The minimum atomic E-state index is 0.800. The van der Waals surface area contributed by atoms with Crippen LogP contribution in [0.5, 0.6) is 0 Å². The zero-order valence-corrected chi connectivity index (χ0v) is 10.2. The number of aliphatic hydroxyl groups is 1. The topological polar surface area (TPSA) is 38.1 Å². The first-order valence-electron chi connectivity index (χ1n) is 6.30. The molecule has 0 spiro atoms. The number of hydrogen-bond acceptors (Lipinski definition) is 2. The first kappa shape index (κ1) is 11.1. The second kappa shape index (κ2) is 4.69. The fourth-order valence-electron chi connectivity index (χ4n) is 2.55. The van der Waals surface area contributed by atoms with Crippen LogP contribution in [0.4, 0.5) is 0 Å². The second-order valence-electron chi connectivity index (χ2n) is 4.66. The Bertz CT molecular complexity index is 569. The summed E-state index contributed by atoms with van der Waals surface area (Å²) in [5, 5.41) is 13.7. The Morgan fingerprint density at radius 2 is 2.06 bits per heavy atom. The van der Waals surface area contributed by atoms with Crippen molar-refractivity contribution in [2.24, 2.45) is 0 Å². The number of aromatic nitrogens is 2. The number of aliphatic hydroxyl groups excluding tert-OH is 1. The van der Waals surface area contributed by atoms with E-state index in [0.29, 0.717) is 0 Å². The lowest BCUT2D eigenvalue weighted by atomic mass is 9.93. The van der Waals surface area contributed by atoms with E-state index in [4.69, 9.17) is 0 Å². The molecule has 0 aliphatic heterocycles. The Hall–Kier alpha value is -2.03. The first-order valence-corrected chi connectivity index (χ1v) is 6.30. The van der Waals surface area contributed by atoms with Gasteiger partial charge in [-0.3, -0.25) is 4.68 Å². The van der Waals surface area contributed by atoms with Gasteiger partial charge in [-0.05, 0) is 30.4 Å². The van der Waals surface area contributed by atoms with Crippen LogP contribution < -0.4 is 0 Å². The van der Waals surface area contributed by atoms with Crippen LogP contribution in [0.1, 0.15) is 29.7 Å². The van der Waals surface area contributed by atoms with Gasteiger partial charge in [0, 0.05) is 11.3 Å². The van der Waals surface area contributed by atoms with Crippen LogP contribution in [0.2, 0.25) is 0 Å². The number of nitrogens with zero attached hydrogens (tertiary/aromatic N) is 2. The van der Waals surface area contributed by atoms with Gasteiger partial charge in [-0.2, -0.15) is 5.10 Å². The Morgan fingerprint density at radius 3 is 2.83 bits per heavy atom. The lowest BCUT2D eigenvalue weighted by Crippen LogP contribution is -2.10. The van der Waals surface area contributed by atoms with E-state index in [9.17, 15) is 5.11 Å². The van der Waals surface area contributed by atoms with Crippen LogP contribution in [-0.4, -0.2) is 14.9 Å². The molecular weight excluding hydrogens is 224 g/mol. The Balaban J connectivity index is 1.93. The molecule has 1 heterocycles. The van der Waals surface area contributed by atoms with Crippen molar-refractivity contribution in [3.63, 3.8) is 0 Å². The number of allylic oxidation sites excluding steroid dienone is 1. The largest absolute Gasteiger partial charge is 0.515 e. The van der Waals surface area contributed by atoms with Crippen molar-refractivity contribution >= 4 is 5.57 Å². The van der Waals surface area contributed by atoms with Crippen LogP contribution in [0.15, 0.2) is 42.8 Å². The normalized spacial score (nSPS) is 16.8. The molecule has 1 N–H and O–H groups in total. The molecule has 1 aliphatic rings. The summed E-state index contributed by atoms with van der Waals surface area (Å²) in [6.07, 6.45) is 6.17. The summed E-state index contributed by atoms with van der Waals surface area (Å²) in [6, 6.07) is 10.3. The first-order chi connectivity index (χ1) is 8.88. The molecule has 18 heavy (non-hydrogen) atoms. The van der Waals surface area contributed by atoms with Crippen LogP contribution in [-0.2, 0) is 13.0 Å². The summed E-state index contributed by atoms with van der Waals surface area (Å²) in [7, 11) is 0. The SMILES string of the molecule is O/C=C1\CCCc2c1cnn2Cc1ccccc1. The quantitative estimate of drug-likeness (QED) is 0.819. The van der Waals surface area contributed by atoms with Crippen molar-refractivity contribution in [1.29, 1.82) is 0 Å². The molecule has 0 bridgehead atoms. The van der Waals surface area contributed by atoms with E-state index in [0.717, 1.165) is 36.9 Å². The lowest BCUT2D eigenvalue weighted by molar-refractivity contribution is 0.472. The van der Waals surface area contributed by atoms with E-state index < -0.39 is 0 Å². The molecule has 0 amide bonds. The second-order valence-corrected chi connectivity index (χ2v) is 4.66. The van der Waals surface area contributed by atoms with Crippen LogP contribution in [0.3, 0.4) is 0 Å². The smallest absolute Gasteiger partial charge is 0.0830 e. The maximum Gasteiger partial charge on any atom is 0.0830 e. The van der Waals surface area contributed by atoms with Gasteiger partial charge < -0.3 is 5.11 Å². The number of benzene rings is 1. The highest BCUT2D eigenvalue weighted by Crippen LogP contribution is 2.30. The van der Waals surface area contributed by atoms with Crippen LogP contribution >= 0.6 is 0 Å². The molecule has 0 saturated carbocycles. The number of rotatable bonds is 2. The minimum Gasteiger partial charge on any atom is -0.515 e. The minimum absolute atomic E-state index is 0.800. The fourth-order valence-corrected chi connectivity index (χ4v) is 2.55. The molecule has 3 nitrogen and oxygen atoms in total. The molecule has 0 radical (unpaired) electrons. The van der Waals surface area contributed by atoms with E-state index in [2.05, 4.69) is 17.2 Å². The van der Waals surface area contributed by atoms with Gasteiger partial charge in [0.15, 0.2) is 0 Å². The molecule has 92 valence electrons. The van der Waals surface area contributed by atoms with Crippen molar-refractivity contribution < 1.29 is 5.11 Å². The standard InChI is InChI=1S/C15H16N2O/c18-11-13-7-4-8-15-14(13)9-16-17(15)10-12-5-2-1-3-6-12/h1-3,5-6,9,11,18H,4,7-8,10H2/b13-11+. The molecular formula is C15H16N2O. The maximum absolute atomic E-state index is 9.24. The number of hydrogen-bond donors (Lipinski definition) is 1. The Kier molecular flexibility index (Phi) is 2.89. The van der Waals surface area contributed by atoms with Crippen molar-refractivity contribution in [3.8, 4) is 0 Å². The van der Waals surface area contributed by atoms with Gasteiger partial charge >= 0.3 is 0 Å². The van der Waals surface area contributed by atoms with Gasteiger partial charge in [0.05, 0.1) is 19.0 Å². The zero-order valence-electron chi connectivity index (χ0n) is 10.2. The third-order valence-corrected chi connectivity index (χ3v) is 3.49. The summed E-state index contributed by atoms with van der Waals surface area (Å²) in [5.74, 6) is 0. The van der Waals surface area contributed by atoms with Gasteiger partial charge in [-0.25, -0.2) is 0 Å². The third-order valence-electron chi connectivity index (χ3n) is 3.49. The monoisotopic (exact) mass is 240 g/mol. The highest BCUT2D eigenvalue weighted by molar-refractivity contribution is 5.67. The van der Waals surface area contributed by atoms with Crippen molar-refractivity contribution in [3.05, 3.63) is 59.6 Å².